The van der Waals surface area contributed by atoms with Gasteiger partial charge in [0, 0.05) is 11.6 Å². The first-order valence-corrected chi connectivity index (χ1v) is 9.09. The summed E-state index contributed by atoms with van der Waals surface area (Å²) in [6.07, 6.45) is 3.11. The van der Waals surface area contributed by atoms with Crippen molar-refractivity contribution >= 4 is 26.8 Å². The minimum atomic E-state index is -3.85. The summed E-state index contributed by atoms with van der Waals surface area (Å²) in [6, 6.07) is 10.0. The molecule has 130 valence electrons. The van der Waals surface area contributed by atoms with Crippen LogP contribution in [0.5, 0.6) is 0 Å². The molecule has 3 rings (SSSR count). The summed E-state index contributed by atoms with van der Waals surface area (Å²) in [4.78, 5) is 16.2. The Labute approximate surface area is 145 Å². The predicted molar refractivity (Wildman–Crippen MR) is 92.2 cm³/mol. The smallest absolute Gasteiger partial charge is 0.241 e. The fourth-order valence-corrected chi connectivity index (χ4v) is 3.60. The molecule has 2 aromatic heterocycles. The molecule has 25 heavy (non-hydrogen) atoms. The van der Waals surface area contributed by atoms with Crippen LogP contribution in [0.4, 0.5) is 0 Å². The van der Waals surface area contributed by atoms with Crippen LogP contribution in [-0.2, 0) is 21.4 Å². The number of nitrogens with zero attached hydrogens (tertiary/aromatic N) is 1. The van der Waals surface area contributed by atoms with Crippen LogP contribution >= 0.6 is 0 Å². The summed E-state index contributed by atoms with van der Waals surface area (Å²) in [6.45, 7) is 1.70. The molecule has 0 saturated carbocycles. The number of furan rings is 1. The van der Waals surface area contributed by atoms with Crippen molar-refractivity contribution in [1.82, 2.24) is 15.0 Å². The van der Waals surface area contributed by atoms with Crippen LogP contribution in [-0.4, -0.2) is 25.9 Å². The van der Waals surface area contributed by atoms with E-state index in [0.717, 1.165) is 5.56 Å². The van der Waals surface area contributed by atoms with Crippen molar-refractivity contribution in [3.8, 4) is 0 Å². The van der Waals surface area contributed by atoms with Gasteiger partial charge in [0.05, 0.1) is 29.8 Å². The molecule has 7 nitrogen and oxygen atoms in total. The highest BCUT2D eigenvalue weighted by molar-refractivity contribution is 7.89. The minimum absolute atomic E-state index is 0.0973. The molecule has 0 fully saturated rings. The summed E-state index contributed by atoms with van der Waals surface area (Å²) < 4.78 is 32.5. The van der Waals surface area contributed by atoms with Gasteiger partial charge >= 0.3 is 0 Å². The van der Waals surface area contributed by atoms with E-state index in [1.807, 2.05) is 6.92 Å². The van der Waals surface area contributed by atoms with E-state index in [2.05, 4.69) is 15.0 Å². The van der Waals surface area contributed by atoms with Crippen LogP contribution in [0.25, 0.3) is 10.9 Å². The zero-order chi connectivity index (χ0) is 17.9. The number of hydrogen-bond donors (Lipinski definition) is 2. The molecule has 1 aromatic carbocycles. The molecule has 0 spiro atoms. The number of amides is 1. The molecule has 0 atom stereocenters. The number of rotatable bonds is 6. The van der Waals surface area contributed by atoms with E-state index in [9.17, 15) is 13.2 Å². The fourth-order valence-electron chi connectivity index (χ4n) is 2.42. The van der Waals surface area contributed by atoms with E-state index in [1.54, 1.807) is 36.5 Å². The normalized spacial score (nSPS) is 11.6. The number of carbonyl (C=O) groups is 1. The topological polar surface area (TPSA) is 101 Å². The number of sulfonamides is 1. The predicted octanol–water partition coefficient (Wildman–Crippen LogP) is 1.73. The maximum Gasteiger partial charge on any atom is 0.241 e. The monoisotopic (exact) mass is 359 g/mol. The number of benzene rings is 1. The van der Waals surface area contributed by atoms with Gasteiger partial charge in [0.1, 0.15) is 5.76 Å². The van der Waals surface area contributed by atoms with Gasteiger partial charge in [0.15, 0.2) is 0 Å². The molecule has 0 radical (unpaired) electrons. The van der Waals surface area contributed by atoms with E-state index < -0.39 is 15.9 Å². The number of aryl methyl sites for hydroxylation is 1. The molecule has 0 aliphatic carbocycles. The second kappa shape index (κ2) is 7.04. The number of aromatic nitrogens is 1. The minimum Gasteiger partial charge on any atom is -0.467 e. The third-order valence-electron chi connectivity index (χ3n) is 3.68. The Kier molecular flexibility index (Phi) is 4.82. The second-order valence-electron chi connectivity index (χ2n) is 5.46. The highest BCUT2D eigenvalue weighted by Gasteiger charge is 2.19. The van der Waals surface area contributed by atoms with Crippen LogP contribution < -0.4 is 10.0 Å². The molecular weight excluding hydrogens is 342 g/mol. The van der Waals surface area contributed by atoms with Gasteiger partial charge in [-0.05, 0) is 42.8 Å². The largest absolute Gasteiger partial charge is 0.467 e. The third-order valence-corrected chi connectivity index (χ3v) is 5.14. The Morgan fingerprint density at radius 2 is 2.04 bits per heavy atom. The van der Waals surface area contributed by atoms with Gasteiger partial charge in [-0.1, -0.05) is 6.07 Å². The lowest BCUT2D eigenvalue weighted by molar-refractivity contribution is -0.120. The molecule has 3 aromatic rings. The molecule has 8 heteroatoms. The van der Waals surface area contributed by atoms with Crippen molar-refractivity contribution in [2.45, 2.75) is 18.4 Å². The van der Waals surface area contributed by atoms with Gasteiger partial charge in [-0.15, -0.1) is 0 Å². The average Bonchev–Trinajstić information content (AvgIpc) is 3.12. The molecule has 0 aliphatic rings. The number of fused-ring (bicyclic) bond motifs is 1. The Morgan fingerprint density at radius 1 is 1.20 bits per heavy atom. The molecular formula is C17H17N3O4S. The van der Waals surface area contributed by atoms with Gasteiger partial charge < -0.3 is 9.73 Å². The molecule has 2 heterocycles. The first-order valence-electron chi connectivity index (χ1n) is 7.60. The number of carbonyl (C=O) groups excluding carboxylic acids is 1. The Balaban J connectivity index is 1.72. The number of pyridine rings is 1. The fraction of sp³-hybridized carbons (Fsp3) is 0.176. The first-order chi connectivity index (χ1) is 12.0. The van der Waals surface area contributed by atoms with Crippen molar-refractivity contribution in [3.05, 3.63) is 60.2 Å². The van der Waals surface area contributed by atoms with Crippen molar-refractivity contribution in [2.24, 2.45) is 0 Å². The van der Waals surface area contributed by atoms with Gasteiger partial charge in [-0.25, -0.2) is 13.1 Å². The standard InChI is InChI=1S/C17H17N3O4S/c1-12-6-7-15(14-5-2-8-18-17(12)14)25(22,23)20-11-16(21)19-10-13-4-3-9-24-13/h2-9,20H,10-11H2,1H3,(H,19,21). The first kappa shape index (κ1) is 17.1. The van der Waals surface area contributed by atoms with Gasteiger partial charge in [-0.2, -0.15) is 0 Å². The number of hydrogen-bond acceptors (Lipinski definition) is 5. The highest BCUT2D eigenvalue weighted by Crippen LogP contribution is 2.23. The SMILES string of the molecule is Cc1ccc(S(=O)(=O)NCC(=O)NCc2ccco2)c2cccnc12. The maximum atomic E-state index is 12.6. The molecule has 0 saturated heterocycles. The molecule has 0 unspecified atom stereocenters. The lowest BCUT2D eigenvalue weighted by Crippen LogP contribution is -2.36. The van der Waals surface area contributed by atoms with E-state index in [-0.39, 0.29) is 18.0 Å². The van der Waals surface area contributed by atoms with Crippen LogP contribution in [0, 0.1) is 6.92 Å². The highest BCUT2D eigenvalue weighted by atomic mass is 32.2. The zero-order valence-electron chi connectivity index (χ0n) is 13.5. The summed E-state index contributed by atoms with van der Waals surface area (Å²) in [5.74, 6) is 0.140. The van der Waals surface area contributed by atoms with Crippen LogP contribution in [0.15, 0.2) is 58.2 Å². The molecule has 0 bridgehead atoms. The lowest BCUT2D eigenvalue weighted by Gasteiger charge is -2.10. The van der Waals surface area contributed by atoms with E-state index in [1.165, 1.54) is 12.3 Å². The average molecular weight is 359 g/mol. The van der Waals surface area contributed by atoms with Crippen molar-refractivity contribution in [2.75, 3.05) is 6.54 Å². The van der Waals surface area contributed by atoms with Crippen molar-refractivity contribution < 1.29 is 17.6 Å². The Hall–Kier alpha value is -2.71. The Bertz CT molecular complexity index is 998. The van der Waals surface area contributed by atoms with E-state index >= 15 is 0 Å². The van der Waals surface area contributed by atoms with E-state index in [0.29, 0.717) is 16.7 Å². The van der Waals surface area contributed by atoms with Crippen LogP contribution in [0.1, 0.15) is 11.3 Å². The quantitative estimate of drug-likeness (QED) is 0.698. The van der Waals surface area contributed by atoms with Gasteiger partial charge in [-0.3, -0.25) is 9.78 Å². The zero-order valence-corrected chi connectivity index (χ0v) is 14.3. The maximum absolute atomic E-state index is 12.6. The lowest BCUT2D eigenvalue weighted by atomic mass is 10.1. The van der Waals surface area contributed by atoms with Crippen LogP contribution in [0.3, 0.4) is 0 Å². The molecule has 2 N–H and O–H groups in total. The number of nitrogens with one attached hydrogen (secondary N) is 2. The summed E-state index contributed by atoms with van der Waals surface area (Å²) in [5.41, 5.74) is 1.50. The van der Waals surface area contributed by atoms with E-state index in [4.69, 9.17) is 4.42 Å². The van der Waals surface area contributed by atoms with Crippen molar-refractivity contribution in [3.63, 3.8) is 0 Å². The third kappa shape index (κ3) is 3.86. The van der Waals surface area contributed by atoms with Gasteiger partial charge in [0.2, 0.25) is 15.9 Å². The summed E-state index contributed by atoms with van der Waals surface area (Å²) in [5, 5.41) is 3.10. The summed E-state index contributed by atoms with van der Waals surface area (Å²) >= 11 is 0. The second-order valence-corrected chi connectivity index (χ2v) is 7.20. The summed E-state index contributed by atoms with van der Waals surface area (Å²) in [7, 11) is -3.85. The van der Waals surface area contributed by atoms with Crippen LogP contribution in [0.2, 0.25) is 0 Å². The molecule has 0 aliphatic heterocycles. The van der Waals surface area contributed by atoms with Crippen molar-refractivity contribution in [1.29, 1.82) is 0 Å². The van der Waals surface area contributed by atoms with Gasteiger partial charge in [0.25, 0.3) is 0 Å². The molecule has 1 amide bonds. The Morgan fingerprint density at radius 3 is 2.80 bits per heavy atom.